The maximum Gasteiger partial charge on any atom is 0.0746 e. The molecule has 0 saturated carbocycles. The van der Waals surface area contributed by atoms with Crippen LogP contribution < -0.4 is 10.6 Å². The Morgan fingerprint density at radius 2 is 2.00 bits per heavy atom. The van der Waals surface area contributed by atoms with Gasteiger partial charge in [0, 0.05) is 18.1 Å². The summed E-state index contributed by atoms with van der Waals surface area (Å²) in [6.07, 6.45) is 3.00. The molecule has 1 aromatic heterocycles. The fourth-order valence-electron chi connectivity index (χ4n) is 1.92. The van der Waals surface area contributed by atoms with Gasteiger partial charge in [-0.2, -0.15) is 0 Å². The summed E-state index contributed by atoms with van der Waals surface area (Å²) in [6, 6.07) is 10.4. The molecule has 0 atom stereocenters. The monoisotopic (exact) mass is 229 g/mol. The summed E-state index contributed by atoms with van der Waals surface area (Å²) in [6.45, 7) is 2.98. The van der Waals surface area contributed by atoms with Gasteiger partial charge in [0.25, 0.3) is 0 Å². The predicted octanol–water partition coefficient (Wildman–Crippen LogP) is 1.93. The molecule has 90 valence electrons. The third kappa shape index (κ3) is 3.25. The molecule has 2 aromatic rings. The third-order valence-corrected chi connectivity index (χ3v) is 2.81. The van der Waals surface area contributed by atoms with Crippen LogP contribution in [0.1, 0.15) is 12.0 Å². The van der Waals surface area contributed by atoms with E-state index in [4.69, 9.17) is 0 Å². The van der Waals surface area contributed by atoms with E-state index in [0.717, 1.165) is 31.6 Å². The second kappa shape index (κ2) is 6.33. The molecule has 0 spiro atoms. The number of para-hydroxylation sites is 1. The van der Waals surface area contributed by atoms with Crippen LogP contribution in [0.25, 0.3) is 10.9 Å². The Hall–Kier alpha value is -1.45. The number of nitrogens with zero attached hydrogens (tertiary/aromatic N) is 1. The number of hydrogen-bond donors (Lipinski definition) is 2. The molecule has 0 aliphatic rings. The Balaban J connectivity index is 1.98. The van der Waals surface area contributed by atoms with Crippen molar-refractivity contribution in [2.45, 2.75) is 13.0 Å². The molecule has 0 unspecified atom stereocenters. The fraction of sp³-hybridized carbons (Fsp3) is 0.357. The van der Waals surface area contributed by atoms with E-state index in [2.05, 4.69) is 39.9 Å². The summed E-state index contributed by atoms with van der Waals surface area (Å²) in [5.41, 5.74) is 2.38. The molecule has 0 aliphatic carbocycles. The second-order valence-electron chi connectivity index (χ2n) is 4.13. The van der Waals surface area contributed by atoms with E-state index in [1.165, 1.54) is 10.9 Å². The van der Waals surface area contributed by atoms with Crippen molar-refractivity contribution < 1.29 is 0 Å². The van der Waals surface area contributed by atoms with Gasteiger partial charge in [-0.1, -0.05) is 24.3 Å². The first-order chi connectivity index (χ1) is 8.42. The summed E-state index contributed by atoms with van der Waals surface area (Å²) >= 11 is 0. The number of benzene rings is 1. The van der Waals surface area contributed by atoms with E-state index in [-0.39, 0.29) is 0 Å². The maximum atomic E-state index is 4.44. The first-order valence-corrected chi connectivity index (χ1v) is 6.10. The number of aromatic nitrogens is 1. The number of pyridine rings is 1. The van der Waals surface area contributed by atoms with Crippen LogP contribution in [0.4, 0.5) is 0 Å². The summed E-state index contributed by atoms with van der Waals surface area (Å²) in [4.78, 5) is 4.44. The van der Waals surface area contributed by atoms with E-state index in [1.807, 2.05) is 19.3 Å². The lowest BCUT2D eigenvalue weighted by molar-refractivity contribution is 0.626. The van der Waals surface area contributed by atoms with Gasteiger partial charge in [0.05, 0.1) is 5.52 Å². The minimum Gasteiger partial charge on any atom is -0.320 e. The molecule has 0 aliphatic heterocycles. The zero-order valence-electron chi connectivity index (χ0n) is 10.2. The van der Waals surface area contributed by atoms with Gasteiger partial charge < -0.3 is 10.6 Å². The third-order valence-electron chi connectivity index (χ3n) is 2.81. The summed E-state index contributed by atoms with van der Waals surface area (Å²) in [5.74, 6) is 0. The number of rotatable bonds is 6. The molecule has 0 bridgehead atoms. The highest BCUT2D eigenvalue weighted by Crippen LogP contribution is 2.15. The second-order valence-corrected chi connectivity index (χ2v) is 4.13. The minimum absolute atomic E-state index is 0.887. The van der Waals surface area contributed by atoms with E-state index in [0.29, 0.717) is 0 Å². The Kier molecular flexibility index (Phi) is 4.47. The normalized spacial score (nSPS) is 10.9. The molecule has 0 saturated heterocycles. The SMILES string of the molecule is CNCCCNCc1cccc2cccnc12. The average molecular weight is 229 g/mol. The summed E-state index contributed by atoms with van der Waals surface area (Å²) in [5, 5.41) is 7.80. The van der Waals surface area contributed by atoms with Gasteiger partial charge >= 0.3 is 0 Å². The molecule has 17 heavy (non-hydrogen) atoms. The molecular formula is C14H19N3. The largest absolute Gasteiger partial charge is 0.320 e. The lowest BCUT2D eigenvalue weighted by atomic mass is 10.1. The summed E-state index contributed by atoms with van der Waals surface area (Å²) < 4.78 is 0. The molecule has 2 N–H and O–H groups in total. The Morgan fingerprint density at radius 3 is 2.88 bits per heavy atom. The molecule has 0 radical (unpaired) electrons. The van der Waals surface area contributed by atoms with Crippen molar-refractivity contribution in [3.05, 3.63) is 42.1 Å². The Bertz CT molecular complexity index is 462. The highest BCUT2D eigenvalue weighted by molar-refractivity contribution is 5.81. The van der Waals surface area contributed by atoms with Crippen molar-refractivity contribution in [2.24, 2.45) is 0 Å². The zero-order valence-corrected chi connectivity index (χ0v) is 10.2. The first-order valence-electron chi connectivity index (χ1n) is 6.10. The molecule has 3 nitrogen and oxygen atoms in total. The van der Waals surface area contributed by atoms with E-state index >= 15 is 0 Å². The van der Waals surface area contributed by atoms with Gasteiger partial charge in [-0.3, -0.25) is 4.98 Å². The predicted molar refractivity (Wildman–Crippen MR) is 72.0 cm³/mol. The van der Waals surface area contributed by atoms with Gasteiger partial charge in [-0.05, 0) is 38.2 Å². The van der Waals surface area contributed by atoms with Gasteiger partial charge in [-0.25, -0.2) is 0 Å². The number of nitrogens with one attached hydrogen (secondary N) is 2. The van der Waals surface area contributed by atoms with Crippen molar-refractivity contribution in [1.29, 1.82) is 0 Å². The van der Waals surface area contributed by atoms with Gasteiger partial charge in [0.15, 0.2) is 0 Å². The molecule has 2 rings (SSSR count). The quantitative estimate of drug-likeness (QED) is 0.743. The topological polar surface area (TPSA) is 37.0 Å². The molecular weight excluding hydrogens is 210 g/mol. The van der Waals surface area contributed by atoms with Crippen LogP contribution in [0.3, 0.4) is 0 Å². The van der Waals surface area contributed by atoms with Crippen LogP contribution in [-0.4, -0.2) is 25.1 Å². The van der Waals surface area contributed by atoms with E-state index < -0.39 is 0 Å². The van der Waals surface area contributed by atoms with Gasteiger partial charge in [0.2, 0.25) is 0 Å². The van der Waals surface area contributed by atoms with Crippen LogP contribution in [-0.2, 0) is 6.54 Å². The van der Waals surface area contributed by atoms with Crippen molar-refractivity contribution in [3.63, 3.8) is 0 Å². The van der Waals surface area contributed by atoms with Crippen LogP contribution in [0.15, 0.2) is 36.5 Å². The van der Waals surface area contributed by atoms with Crippen LogP contribution in [0, 0.1) is 0 Å². The lowest BCUT2D eigenvalue weighted by Crippen LogP contribution is -2.19. The number of fused-ring (bicyclic) bond motifs is 1. The van der Waals surface area contributed by atoms with Crippen LogP contribution >= 0.6 is 0 Å². The fourth-order valence-corrected chi connectivity index (χ4v) is 1.92. The van der Waals surface area contributed by atoms with Gasteiger partial charge in [0.1, 0.15) is 0 Å². The molecule has 0 amide bonds. The molecule has 1 aromatic carbocycles. The van der Waals surface area contributed by atoms with E-state index in [9.17, 15) is 0 Å². The zero-order chi connectivity index (χ0) is 11.9. The van der Waals surface area contributed by atoms with E-state index in [1.54, 1.807) is 0 Å². The van der Waals surface area contributed by atoms with Crippen LogP contribution in [0.2, 0.25) is 0 Å². The average Bonchev–Trinajstić information content (AvgIpc) is 2.39. The standard InChI is InChI=1S/C14H19N3/c1-15-8-4-9-16-11-13-6-2-5-12-7-3-10-17-14(12)13/h2-3,5-7,10,15-16H,4,8-9,11H2,1H3. The highest BCUT2D eigenvalue weighted by atomic mass is 14.9. The van der Waals surface area contributed by atoms with Gasteiger partial charge in [-0.15, -0.1) is 0 Å². The Labute approximate surface area is 102 Å². The first kappa shape index (κ1) is 12.0. The van der Waals surface area contributed by atoms with Crippen molar-refractivity contribution in [1.82, 2.24) is 15.6 Å². The number of hydrogen-bond acceptors (Lipinski definition) is 3. The molecule has 0 fully saturated rings. The van der Waals surface area contributed by atoms with Crippen molar-refractivity contribution in [3.8, 4) is 0 Å². The van der Waals surface area contributed by atoms with Crippen LogP contribution in [0.5, 0.6) is 0 Å². The smallest absolute Gasteiger partial charge is 0.0746 e. The van der Waals surface area contributed by atoms with Crippen molar-refractivity contribution >= 4 is 10.9 Å². The van der Waals surface area contributed by atoms with Crippen molar-refractivity contribution in [2.75, 3.05) is 20.1 Å². The minimum atomic E-state index is 0.887. The maximum absolute atomic E-state index is 4.44. The Morgan fingerprint density at radius 1 is 1.12 bits per heavy atom. The molecule has 3 heteroatoms. The summed E-state index contributed by atoms with van der Waals surface area (Å²) in [7, 11) is 1.98. The molecule has 1 heterocycles. The lowest BCUT2D eigenvalue weighted by Gasteiger charge is -2.07. The highest BCUT2D eigenvalue weighted by Gasteiger charge is 2.00.